The second-order valence-electron chi connectivity index (χ2n) is 5.63. The van der Waals surface area contributed by atoms with Crippen LogP contribution in [-0.2, 0) is 14.3 Å². The number of amides is 1. The number of ether oxygens (including phenoxy) is 1. The van der Waals surface area contributed by atoms with E-state index in [0.717, 1.165) is 5.56 Å². The van der Waals surface area contributed by atoms with Gasteiger partial charge in [0.1, 0.15) is 5.82 Å². The fraction of sp³-hybridized carbons (Fsp3) is 0.467. The zero-order valence-electron chi connectivity index (χ0n) is 11.5. The van der Waals surface area contributed by atoms with Crippen molar-refractivity contribution in [3.8, 4) is 0 Å². The van der Waals surface area contributed by atoms with Gasteiger partial charge in [-0.05, 0) is 37.5 Å². The van der Waals surface area contributed by atoms with E-state index >= 15 is 0 Å². The predicted molar refractivity (Wildman–Crippen MR) is 72.3 cm³/mol. The summed E-state index contributed by atoms with van der Waals surface area (Å²) < 4.78 is 18.8. The normalized spacial score (nSPS) is 30.4. The van der Waals surface area contributed by atoms with E-state index in [9.17, 15) is 19.1 Å². The van der Waals surface area contributed by atoms with Crippen molar-refractivity contribution in [3.63, 3.8) is 0 Å². The molecule has 0 spiro atoms. The molecule has 0 aromatic heterocycles. The number of fused-ring (bicyclic) bond motifs is 2. The van der Waals surface area contributed by atoms with Gasteiger partial charge in [-0.15, -0.1) is 0 Å². The summed E-state index contributed by atoms with van der Waals surface area (Å²) in [5.74, 6) is -3.42. The van der Waals surface area contributed by atoms with Crippen molar-refractivity contribution in [2.75, 3.05) is 5.32 Å². The van der Waals surface area contributed by atoms with Gasteiger partial charge < -0.3 is 15.2 Å². The number of carboxylic acids is 1. The smallest absolute Gasteiger partial charge is 0.310 e. The Balaban J connectivity index is 1.81. The first-order valence-corrected chi connectivity index (χ1v) is 6.92. The summed E-state index contributed by atoms with van der Waals surface area (Å²) in [5, 5.41) is 11.9. The number of aliphatic carboxylic acids is 1. The number of hydrogen-bond donors (Lipinski definition) is 2. The van der Waals surface area contributed by atoms with Crippen LogP contribution >= 0.6 is 0 Å². The number of anilines is 1. The van der Waals surface area contributed by atoms with Crippen LogP contribution < -0.4 is 5.32 Å². The highest BCUT2D eigenvalue weighted by Gasteiger charge is 2.55. The quantitative estimate of drug-likeness (QED) is 0.893. The zero-order chi connectivity index (χ0) is 15.1. The highest BCUT2D eigenvalue weighted by molar-refractivity contribution is 5.96. The number of carbonyl (C=O) groups is 2. The van der Waals surface area contributed by atoms with Crippen molar-refractivity contribution in [2.24, 2.45) is 11.8 Å². The van der Waals surface area contributed by atoms with Gasteiger partial charge in [-0.3, -0.25) is 9.59 Å². The summed E-state index contributed by atoms with van der Waals surface area (Å²) in [6.07, 6.45) is 0.612. The summed E-state index contributed by atoms with van der Waals surface area (Å²) in [7, 11) is 0. The minimum Gasteiger partial charge on any atom is -0.481 e. The van der Waals surface area contributed by atoms with Gasteiger partial charge >= 0.3 is 5.97 Å². The summed E-state index contributed by atoms with van der Waals surface area (Å²) in [5.41, 5.74) is 1.09. The minimum absolute atomic E-state index is 0.357. The molecule has 2 aliphatic heterocycles. The minimum atomic E-state index is -1.02. The predicted octanol–water partition coefficient (Wildman–Crippen LogP) is 1.95. The molecule has 112 valence electrons. The molecule has 0 unspecified atom stereocenters. The molecule has 0 aliphatic carbocycles. The van der Waals surface area contributed by atoms with Crippen LogP contribution in [0.4, 0.5) is 10.1 Å². The summed E-state index contributed by atoms with van der Waals surface area (Å²) in [6.45, 7) is 1.75. The molecule has 6 heteroatoms. The molecule has 0 saturated carbocycles. The van der Waals surface area contributed by atoms with Crippen LogP contribution in [0.2, 0.25) is 0 Å². The monoisotopic (exact) mass is 293 g/mol. The Morgan fingerprint density at radius 1 is 1.29 bits per heavy atom. The van der Waals surface area contributed by atoms with E-state index < -0.39 is 35.6 Å². The molecule has 4 atom stereocenters. The lowest BCUT2D eigenvalue weighted by atomic mass is 9.78. The molecule has 2 N–H and O–H groups in total. The molecule has 1 aromatic carbocycles. The number of hydrogen-bond acceptors (Lipinski definition) is 3. The number of aryl methyl sites for hydroxylation is 1. The Morgan fingerprint density at radius 3 is 2.62 bits per heavy atom. The average molecular weight is 293 g/mol. The molecule has 1 aromatic rings. The standard InChI is InChI=1S/C15H16FNO4/c1-7-2-3-8(16)6-9(7)17-14(18)12-10-4-5-11(21-10)13(12)15(19)20/h2-3,6,10-13H,4-5H2,1H3,(H,17,18)(H,19,20)/t10-,11-,12+,13-/m1/s1. The lowest BCUT2D eigenvalue weighted by Crippen LogP contribution is -2.41. The molecule has 0 radical (unpaired) electrons. The first-order chi connectivity index (χ1) is 9.97. The van der Waals surface area contributed by atoms with Gasteiger partial charge in [0.2, 0.25) is 5.91 Å². The van der Waals surface area contributed by atoms with Crippen molar-refractivity contribution in [1.29, 1.82) is 0 Å². The lowest BCUT2D eigenvalue weighted by Gasteiger charge is -2.24. The molecule has 2 fully saturated rings. The Hall–Kier alpha value is -1.95. The largest absolute Gasteiger partial charge is 0.481 e. The number of benzene rings is 1. The molecule has 3 rings (SSSR count). The summed E-state index contributed by atoms with van der Waals surface area (Å²) >= 11 is 0. The van der Waals surface area contributed by atoms with Crippen LogP contribution in [0.25, 0.3) is 0 Å². The number of carbonyl (C=O) groups excluding carboxylic acids is 1. The van der Waals surface area contributed by atoms with Gasteiger partial charge in [0.05, 0.1) is 24.0 Å². The van der Waals surface area contributed by atoms with Gasteiger partial charge in [-0.2, -0.15) is 0 Å². The molecule has 5 nitrogen and oxygen atoms in total. The molecular formula is C15H16FNO4. The van der Waals surface area contributed by atoms with E-state index in [2.05, 4.69) is 5.32 Å². The highest BCUT2D eigenvalue weighted by atomic mass is 19.1. The fourth-order valence-electron chi connectivity index (χ4n) is 3.27. The van der Waals surface area contributed by atoms with Crippen LogP contribution in [-0.4, -0.2) is 29.2 Å². The van der Waals surface area contributed by atoms with Crippen LogP contribution in [0.5, 0.6) is 0 Å². The summed E-state index contributed by atoms with van der Waals surface area (Å²) in [6, 6.07) is 4.11. The van der Waals surface area contributed by atoms with Crippen molar-refractivity contribution >= 4 is 17.6 Å². The van der Waals surface area contributed by atoms with Crippen LogP contribution in [0.3, 0.4) is 0 Å². The first-order valence-electron chi connectivity index (χ1n) is 6.92. The Bertz CT molecular complexity index is 603. The van der Waals surface area contributed by atoms with Gasteiger partial charge in [0.25, 0.3) is 0 Å². The third-order valence-corrected chi connectivity index (χ3v) is 4.32. The maximum Gasteiger partial charge on any atom is 0.310 e. The van der Waals surface area contributed by atoms with Gasteiger partial charge in [-0.25, -0.2) is 4.39 Å². The van der Waals surface area contributed by atoms with Crippen molar-refractivity contribution < 1.29 is 23.8 Å². The lowest BCUT2D eigenvalue weighted by molar-refractivity contribution is -0.147. The fourth-order valence-corrected chi connectivity index (χ4v) is 3.27. The Labute approximate surface area is 121 Å². The third kappa shape index (κ3) is 2.40. The van der Waals surface area contributed by atoms with E-state index in [0.29, 0.717) is 18.5 Å². The molecule has 21 heavy (non-hydrogen) atoms. The molecule has 1 amide bonds. The van der Waals surface area contributed by atoms with Crippen molar-refractivity contribution in [1.82, 2.24) is 0 Å². The zero-order valence-corrected chi connectivity index (χ0v) is 11.5. The third-order valence-electron chi connectivity index (χ3n) is 4.32. The summed E-state index contributed by atoms with van der Waals surface area (Å²) in [4.78, 5) is 23.8. The van der Waals surface area contributed by atoms with Gasteiger partial charge in [-0.1, -0.05) is 6.07 Å². The SMILES string of the molecule is Cc1ccc(F)cc1NC(=O)[C@@H]1[C@H](C(=O)O)[C@H]2CC[C@H]1O2. The van der Waals surface area contributed by atoms with E-state index in [1.165, 1.54) is 12.1 Å². The van der Waals surface area contributed by atoms with Crippen LogP contribution in [0.1, 0.15) is 18.4 Å². The second kappa shape index (κ2) is 5.11. The molecule has 2 saturated heterocycles. The molecule has 2 bridgehead atoms. The molecule has 2 heterocycles. The molecule has 2 aliphatic rings. The van der Waals surface area contributed by atoms with Gasteiger partial charge in [0.15, 0.2) is 0 Å². The first kappa shape index (κ1) is 14.0. The number of rotatable bonds is 3. The Kier molecular flexibility index (Phi) is 3.41. The van der Waals surface area contributed by atoms with E-state index in [4.69, 9.17) is 4.74 Å². The maximum absolute atomic E-state index is 13.3. The topological polar surface area (TPSA) is 75.6 Å². The number of halogens is 1. The van der Waals surface area contributed by atoms with Crippen LogP contribution in [0.15, 0.2) is 18.2 Å². The second-order valence-corrected chi connectivity index (χ2v) is 5.63. The Morgan fingerprint density at radius 2 is 1.95 bits per heavy atom. The van der Waals surface area contributed by atoms with E-state index in [-0.39, 0.29) is 6.10 Å². The molecular weight excluding hydrogens is 277 g/mol. The van der Waals surface area contributed by atoms with Gasteiger partial charge in [0, 0.05) is 5.69 Å². The maximum atomic E-state index is 13.3. The van der Waals surface area contributed by atoms with Crippen molar-refractivity contribution in [2.45, 2.75) is 32.0 Å². The average Bonchev–Trinajstić information content (AvgIpc) is 3.03. The highest BCUT2D eigenvalue weighted by Crippen LogP contribution is 2.44. The van der Waals surface area contributed by atoms with E-state index in [1.54, 1.807) is 13.0 Å². The van der Waals surface area contributed by atoms with E-state index in [1.807, 2.05) is 0 Å². The van der Waals surface area contributed by atoms with Crippen molar-refractivity contribution in [3.05, 3.63) is 29.6 Å². The number of carboxylic acid groups (broad SMARTS) is 1. The number of nitrogens with one attached hydrogen (secondary N) is 1. The van der Waals surface area contributed by atoms with Crippen LogP contribution in [0, 0.1) is 24.6 Å².